The van der Waals surface area contributed by atoms with Gasteiger partial charge >= 0.3 is 0 Å². The second-order valence-electron chi connectivity index (χ2n) is 18.8. The molecule has 1 aliphatic rings. The molecule has 0 N–H and O–H groups in total. The molecule has 13 rings (SSSR count). The molecule has 0 bridgehead atoms. The van der Waals surface area contributed by atoms with Crippen LogP contribution in [-0.2, 0) is 5.41 Å². The number of fused-ring (bicyclic) bond motifs is 4. The van der Waals surface area contributed by atoms with Crippen LogP contribution in [0.5, 0.6) is 0 Å². The van der Waals surface area contributed by atoms with E-state index < -0.39 is 5.41 Å². The van der Waals surface area contributed by atoms with E-state index in [0.717, 1.165) is 17.1 Å². The van der Waals surface area contributed by atoms with Crippen LogP contribution in [-0.4, -0.2) is 0 Å². The van der Waals surface area contributed by atoms with Gasteiger partial charge in [0.2, 0.25) is 0 Å². The molecule has 0 radical (unpaired) electrons. The van der Waals surface area contributed by atoms with Crippen LogP contribution in [0, 0.1) is 0 Å². The molecule has 1 aliphatic carbocycles. The topological polar surface area (TPSA) is 3.24 Å². The summed E-state index contributed by atoms with van der Waals surface area (Å²) in [4.78, 5) is 2.38. The van der Waals surface area contributed by atoms with Gasteiger partial charge in [-0.15, -0.1) is 0 Å². The molecule has 0 aliphatic heterocycles. The van der Waals surface area contributed by atoms with Gasteiger partial charge in [-0.3, -0.25) is 0 Å². The molecular formula is C71H49N. The lowest BCUT2D eigenvalue weighted by Crippen LogP contribution is -2.28. The van der Waals surface area contributed by atoms with Crippen LogP contribution in [0.2, 0.25) is 0 Å². The first kappa shape index (κ1) is 42.8. The van der Waals surface area contributed by atoms with Gasteiger partial charge in [-0.1, -0.05) is 243 Å². The van der Waals surface area contributed by atoms with Crippen LogP contribution in [0.3, 0.4) is 0 Å². The molecule has 0 amide bonds. The van der Waals surface area contributed by atoms with Gasteiger partial charge in [0.05, 0.1) is 5.41 Å². The van der Waals surface area contributed by atoms with Crippen LogP contribution < -0.4 is 4.90 Å². The summed E-state index contributed by atoms with van der Waals surface area (Å²) in [5, 5.41) is 2.50. The lowest BCUT2D eigenvalue weighted by atomic mass is 9.67. The zero-order valence-electron chi connectivity index (χ0n) is 39.7. The highest BCUT2D eigenvalue weighted by Crippen LogP contribution is 2.58. The van der Waals surface area contributed by atoms with E-state index in [1.54, 1.807) is 0 Å². The van der Waals surface area contributed by atoms with Gasteiger partial charge in [-0.25, -0.2) is 0 Å². The minimum absolute atomic E-state index is 0.458. The second-order valence-corrected chi connectivity index (χ2v) is 18.8. The maximum absolute atomic E-state index is 2.38. The third-order valence-corrected chi connectivity index (χ3v) is 14.8. The van der Waals surface area contributed by atoms with E-state index in [1.807, 2.05) is 0 Å². The second kappa shape index (κ2) is 18.2. The smallest absolute Gasteiger partial charge is 0.0713 e. The van der Waals surface area contributed by atoms with Crippen LogP contribution >= 0.6 is 0 Å². The molecule has 0 atom stereocenters. The maximum Gasteiger partial charge on any atom is 0.0713 e. The Morgan fingerprint density at radius 3 is 1.17 bits per heavy atom. The van der Waals surface area contributed by atoms with Gasteiger partial charge in [0.15, 0.2) is 0 Å². The Morgan fingerprint density at radius 2 is 0.597 bits per heavy atom. The molecule has 12 aromatic carbocycles. The normalized spacial score (nSPS) is 12.3. The molecule has 0 fully saturated rings. The Bertz CT molecular complexity index is 3840. The molecular weight excluding hydrogens is 867 g/mol. The summed E-state index contributed by atoms with van der Waals surface area (Å²) in [6.07, 6.45) is 0. The molecule has 1 heteroatoms. The minimum Gasteiger partial charge on any atom is -0.311 e. The molecule has 0 heterocycles. The molecule has 338 valence electrons. The first-order valence-corrected chi connectivity index (χ1v) is 24.9. The van der Waals surface area contributed by atoms with Crippen molar-refractivity contribution >= 4 is 27.8 Å². The third-order valence-electron chi connectivity index (χ3n) is 14.8. The van der Waals surface area contributed by atoms with E-state index in [9.17, 15) is 0 Å². The van der Waals surface area contributed by atoms with Crippen molar-refractivity contribution in [3.05, 3.63) is 320 Å². The molecule has 0 spiro atoms. The summed E-state index contributed by atoms with van der Waals surface area (Å²) in [7, 11) is 0. The zero-order valence-corrected chi connectivity index (χ0v) is 39.7. The van der Waals surface area contributed by atoms with Crippen LogP contribution in [0.15, 0.2) is 297 Å². The van der Waals surface area contributed by atoms with Gasteiger partial charge in [-0.05, 0) is 154 Å². The Hall–Kier alpha value is -9.30. The summed E-state index contributed by atoms with van der Waals surface area (Å²) in [5.41, 5.74) is 22.5. The molecule has 0 aromatic heterocycles. The fourth-order valence-electron chi connectivity index (χ4n) is 11.3. The first-order valence-electron chi connectivity index (χ1n) is 24.9. The summed E-state index contributed by atoms with van der Waals surface area (Å²) in [6, 6.07) is 109. The average Bonchev–Trinajstić information content (AvgIpc) is 3.78. The lowest BCUT2D eigenvalue weighted by molar-refractivity contribution is 0.768. The van der Waals surface area contributed by atoms with E-state index in [1.165, 1.54) is 99.8 Å². The zero-order chi connectivity index (χ0) is 47.8. The van der Waals surface area contributed by atoms with Crippen molar-refractivity contribution in [2.24, 2.45) is 0 Å². The van der Waals surface area contributed by atoms with E-state index in [4.69, 9.17) is 0 Å². The summed E-state index contributed by atoms with van der Waals surface area (Å²) in [6.45, 7) is 0. The predicted octanol–water partition coefficient (Wildman–Crippen LogP) is 19.0. The predicted molar refractivity (Wildman–Crippen MR) is 303 cm³/mol. The summed E-state index contributed by atoms with van der Waals surface area (Å²) < 4.78 is 0. The molecule has 0 saturated carbocycles. The Balaban J connectivity index is 0.892. The summed E-state index contributed by atoms with van der Waals surface area (Å²) in [5.74, 6) is 0. The first-order chi connectivity index (χ1) is 35.7. The van der Waals surface area contributed by atoms with Gasteiger partial charge in [0.1, 0.15) is 0 Å². The Labute approximate surface area is 422 Å². The molecule has 0 unspecified atom stereocenters. The van der Waals surface area contributed by atoms with Gasteiger partial charge < -0.3 is 4.90 Å². The Kier molecular flexibility index (Phi) is 10.8. The highest BCUT2D eigenvalue weighted by Gasteiger charge is 2.46. The quantitative estimate of drug-likeness (QED) is 0.132. The average molecular weight is 916 g/mol. The van der Waals surface area contributed by atoms with Crippen LogP contribution in [0.1, 0.15) is 22.3 Å². The largest absolute Gasteiger partial charge is 0.311 e. The summed E-state index contributed by atoms with van der Waals surface area (Å²) >= 11 is 0. The van der Waals surface area contributed by atoms with E-state index in [-0.39, 0.29) is 0 Å². The number of rotatable bonds is 10. The van der Waals surface area contributed by atoms with Crippen molar-refractivity contribution in [1.29, 1.82) is 0 Å². The SMILES string of the molecule is c1ccc(-c2cccc(-c3ccc(N(c4ccc(-c5cccc(-c6ccc7ccccc7c6)c5)cc4)c4ccc(-c5cccc6c5-c5ccccc5C6(c5ccccc5)c5ccccc5)cc4)cc3)c2)cc1. The Morgan fingerprint density at radius 1 is 0.222 bits per heavy atom. The molecule has 1 nitrogen and oxygen atoms in total. The molecule has 12 aromatic rings. The monoisotopic (exact) mass is 915 g/mol. The third kappa shape index (κ3) is 7.51. The molecule has 72 heavy (non-hydrogen) atoms. The number of hydrogen-bond donors (Lipinski definition) is 0. The van der Waals surface area contributed by atoms with E-state index in [0.29, 0.717) is 0 Å². The van der Waals surface area contributed by atoms with E-state index >= 15 is 0 Å². The fraction of sp³-hybridized carbons (Fsp3) is 0.0141. The fourth-order valence-corrected chi connectivity index (χ4v) is 11.3. The van der Waals surface area contributed by atoms with Crippen molar-refractivity contribution in [1.82, 2.24) is 0 Å². The number of benzene rings is 12. The van der Waals surface area contributed by atoms with Crippen molar-refractivity contribution < 1.29 is 0 Å². The van der Waals surface area contributed by atoms with Crippen molar-refractivity contribution in [2.45, 2.75) is 5.41 Å². The van der Waals surface area contributed by atoms with Crippen molar-refractivity contribution in [2.75, 3.05) is 4.90 Å². The molecule has 0 saturated heterocycles. The number of anilines is 3. The van der Waals surface area contributed by atoms with Crippen molar-refractivity contribution in [3.8, 4) is 66.8 Å². The van der Waals surface area contributed by atoms with E-state index in [2.05, 4.69) is 302 Å². The van der Waals surface area contributed by atoms with Crippen LogP contribution in [0.4, 0.5) is 17.1 Å². The van der Waals surface area contributed by atoms with Gasteiger partial charge in [0.25, 0.3) is 0 Å². The number of nitrogens with zero attached hydrogens (tertiary/aromatic N) is 1. The maximum atomic E-state index is 2.38. The standard InChI is InChI=1S/C71H49N/c1-4-17-50(18-5-1)56-21-14-22-57(47-56)52-35-41-63(42-36-52)72(64-43-37-53(38-44-64)58-23-15-24-59(48-58)60-34-33-51-19-10-11-20-55(51)49-60)65-45-39-54(40-46-65)66-30-16-32-69-70(66)67-29-12-13-31-68(67)71(69,61-25-6-2-7-26-61)62-27-8-3-9-28-62/h1-49H. The van der Waals surface area contributed by atoms with Crippen LogP contribution in [0.25, 0.3) is 77.5 Å². The number of hydrogen-bond acceptors (Lipinski definition) is 1. The van der Waals surface area contributed by atoms with Gasteiger partial charge in [-0.2, -0.15) is 0 Å². The minimum atomic E-state index is -0.458. The van der Waals surface area contributed by atoms with Crippen molar-refractivity contribution in [3.63, 3.8) is 0 Å². The highest BCUT2D eigenvalue weighted by atomic mass is 15.1. The highest BCUT2D eigenvalue weighted by molar-refractivity contribution is 5.96. The lowest BCUT2D eigenvalue weighted by Gasteiger charge is -2.34. The van der Waals surface area contributed by atoms with Gasteiger partial charge in [0, 0.05) is 17.1 Å².